The maximum Gasteiger partial charge on any atom is 0.310 e. The van der Waals surface area contributed by atoms with Crippen LogP contribution in [0.1, 0.15) is 12.0 Å². The number of rotatable bonds is 4. The zero-order valence-corrected chi connectivity index (χ0v) is 17.1. The van der Waals surface area contributed by atoms with Gasteiger partial charge in [-0.25, -0.2) is 0 Å². The second-order valence-corrected chi connectivity index (χ2v) is 9.05. The minimum absolute atomic E-state index is 0.0192. The van der Waals surface area contributed by atoms with E-state index < -0.39 is 23.7 Å². The molecule has 1 aromatic rings. The summed E-state index contributed by atoms with van der Waals surface area (Å²) < 4.78 is 11.5. The first-order chi connectivity index (χ1) is 12.4. The van der Waals surface area contributed by atoms with Crippen LogP contribution >= 0.6 is 31.9 Å². The lowest BCUT2D eigenvalue weighted by Crippen LogP contribution is -2.39. The Hall–Kier alpha value is -1.41. The van der Waals surface area contributed by atoms with Gasteiger partial charge in [-0.15, -0.1) is 0 Å². The molecule has 1 amide bonds. The van der Waals surface area contributed by atoms with Crippen LogP contribution in [-0.2, 0) is 23.9 Å². The van der Waals surface area contributed by atoms with E-state index in [0.717, 1.165) is 16.5 Å². The van der Waals surface area contributed by atoms with Crippen LogP contribution in [0.25, 0.3) is 0 Å². The number of alkyl halides is 1. The largest absolute Gasteiger partial charge is 0.461 e. The minimum atomic E-state index is -0.530. The van der Waals surface area contributed by atoms with Crippen LogP contribution in [0.5, 0.6) is 0 Å². The maximum atomic E-state index is 12.5. The van der Waals surface area contributed by atoms with Gasteiger partial charge in [0.1, 0.15) is 6.10 Å². The van der Waals surface area contributed by atoms with Crippen molar-refractivity contribution in [1.82, 2.24) is 0 Å². The van der Waals surface area contributed by atoms with Crippen LogP contribution in [0.2, 0.25) is 0 Å². The molecule has 2 bridgehead atoms. The normalized spacial score (nSPS) is 33.9. The van der Waals surface area contributed by atoms with E-state index in [1.807, 2.05) is 19.1 Å². The third-order valence-corrected chi connectivity index (χ3v) is 7.30. The Kier molecular flexibility index (Phi) is 4.59. The molecule has 6 nitrogen and oxygen atoms in total. The molecule has 8 heteroatoms. The maximum absolute atomic E-state index is 12.5. The number of amides is 1. The van der Waals surface area contributed by atoms with Gasteiger partial charge in [0.15, 0.2) is 6.61 Å². The number of fused-ring (bicyclic) bond motifs is 1. The number of nitrogens with one attached hydrogen (secondary N) is 1. The summed E-state index contributed by atoms with van der Waals surface area (Å²) in [6.07, 6.45) is 0.645. The van der Waals surface area contributed by atoms with Gasteiger partial charge in [0.2, 0.25) is 0 Å². The summed E-state index contributed by atoms with van der Waals surface area (Å²) in [5.41, 5.74) is 1.56. The van der Waals surface area contributed by atoms with E-state index in [4.69, 9.17) is 9.47 Å². The summed E-state index contributed by atoms with van der Waals surface area (Å²) >= 11 is 6.92. The number of hydrogen-bond donors (Lipinski definition) is 1. The minimum Gasteiger partial charge on any atom is -0.461 e. The average molecular weight is 487 g/mol. The van der Waals surface area contributed by atoms with Crippen LogP contribution in [-0.4, -0.2) is 35.4 Å². The first-order valence-corrected chi connectivity index (χ1v) is 10.1. The molecule has 6 atom stereocenters. The predicted octanol–water partition coefficient (Wildman–Crippen LogP) is 2.81. The van der Waals surface area contributed by atoms with Gasteiger partial charge in [0, 0.05) is 16.1 Å². The molecule has 3 fully saturated rings. The highest BCUT2D eigenvalue weighted by molar-refractivity contribution is 9.10. The molecule has 1 saturated heterocycles. The van der Waals surface area contributed by atoms with Crippen molar-refractivity contribution >= 4 is 55.4 Å². The molecule has 2 saturated carbocycles. The molecule has 1 aliphatic heterocycles. The van der Waals surface area contributed by atoms with E-state index in [0.29, 0.717) is 5.69 Å². The smallest absolute Gasteiger partial charge is 0.310 e. The van der Waals surface area contributed by atoms with Crippen LogP contribution in [0, 0.1) is 30.6 Å². The average Bonchev–Trinajstić information content (AvgIpc) is 3.19. The van der Waals surface area contributed by atoms with Gasteiger partial charge in [-0.05, 0) is 43.0 Å². The van der Waals surface area contributed by atoms with Crippen LogP contribution in [0.4, 0.5) is 5.69 Å². The topological polar surface area (TPSA) is 81.7 Å². The zero-order chi connectivity index (χ0) is 18.6. The molecular formula is C18H17Br2NO5. The van der Waals surface area contributed by atoms with Gasteiger partial charge >= 0.3 is 11.9 Å². The lowest BCUT2D eigenvalue weighted by atomic mass is 9.80. The molecule has 26 heavy (non-hydrogen) atoms. The Morgan fingerprint density at radius 3 is 2.85 bits per heavy atom. The quantitative estimate of drug-likeness (QED) is 0.522. The van der Waals surface area contributed by atoms with Crippen molar-refractivity contribution in [2.75, 3.05) is 11.9 Å². The van der Waals surface area contributed by atoms with Gasteiger partial charge in [0.25, 0.3) is 5.91 Å². The van der Waals surface area contributed by atoms with Gasteiger partial charge < -0.3 is 14.8 Å². The fourth-order valence-electron chi connectivity index (χ4n) is 4.48. The third-order valence-electron chi connectivity index (χ3n) is 5.60. The Morgan fingerprint density at radius 2 is 2.12 bits per heavy atom. The van der Waals surface area contributed by atoms with E-state index in [-0.39, 0.29) is 35.3 Å². The van der Waals surface area contributed by atoms with E-state index in [2.05, 4.69) is 37.2 Å². The highest BCUT2D eigenvalue weighted by Gasteiger charge is 2.68. The third kappa shape index (κ3) is 2.87. The number of carbonyl (C=O) groups excluding carboxylic acids is 3. The summed E-state index contributed by atoms with van der Waals surface area (Å²) in [5, 5.41) is 2.73. The van der Waals surface area contributed by atoms with Crippen molar-refractivity contribution in [3.63, 3.8) is 0 Å². The highest BCUT2D eigenvalue weighted by Crippen LogP contribution is 2.60. The Bertz CT molecular complexity index is 798. The Balaban J connectivity index is 1.37. The number of aryl methyl sites for hydroxylation is 1. The number of halogens is 2. The number of hydrogen-bond acceptors (Lipinski definition) is 5. The highest BCUT2D eigenvalue weighted by atomic mass is 79.9. The number of esters is 2. The van der Waals surface area contributed by atoms with Gasteiger partial charge in [0.05, 0.1) is 16.7 Å². The van der Waals surface area contributed by atoms with Crippen LogP contribution < -0.4 is 5.32 Å². The van der Waals surface area contributed by atoms with Crippen LogP contribution in [0.3, 0.4) is 0 Å². The molecule has 138 valence electrons. The van der Waals surface area contributed by atoms with Crippen molar-refractivity contribution in [1.29, 1.82) is 0 Å². The number of carbonyl (C=O) groups is 3. The van der Waals surface area contributed by atoms with E-state index >= 15 is 0 Å². The van der Waals surface area contributed by atoms with Crippen molar-refractivity contribution in [3.05, 3.63) is 28.2 Å². The fraction of sp³-hybridized carbons (Fsp3) is 0.500. The molecule has 1 aromatic carbocycles. The lowest BCUT2D eigenvalue weighted by molar-refractivity contribution is -0.157. The zero-order valence-electron chi connectivity index (χ0n) is 13.9. The Labute approximate surface area is 167 Å². The van der Waals surface area contributed by atoms with Crippen molar-refractivity contribution < 1.29 is 23.9 Å². The summed E-state index contributed by atoms with van der Waals surface area (Å²) in [6.45, 7) is 1.50. The molecule has 0 radical (unpaired) electrons. The summed E-state index contributed by atoms with van der Waals surface area (Å²) in [4.78, 5) is 36.7. The first-order valence-electron chi connectivity index (χ1n) is 8.44. The molecule has 0 aromatic heterocycles. The summed E-state index contributed by atoms with van der Waals surface area (Å²) in [5.74, 6) is -2.08. The van der Waals surface area contributed by atoms with Crippen molar-refractivity contribution in [2.24, 2.45) is 23.7 Å². The lowest BCUT2D eigenvalue weighted by Gasteiger charge is -2.26. The monoisotopic (exact) mass is 485 g/mol. The van der Waals surface area contributed by atoms with Crippen molar-refractivity contribution in [2.45, 2.75) is 24.3 Å². The first kappa shape index (κ1) is 18.0. The number of benzene rings is 1. The van der Waals surface area contributed by atoms with E-state index in [1.54, 1.807) is 6.07 Å². The fourth-order valence-corrected chi connectivity index (χ4v) is 6.00. The molecule has 1 N–H and O–H groups in total. The SMILES string of the molecule is Cc1cc(Br)ccc1NC(=O)COC(=O)[C@@H]1[C@H]2C[C@H]3[C@H](OC(=O)[C@H]31)[C@@H]2Br. The molecular weight excluding hydrogens is 470 g/mol. The van der Waals surface area contributed by atoms with E-state index in [1.165, 1.54) is 0 Å². The van der Waals surface area contributed by atoms with Gasteiger partial charge in [-0.1, -0.05) is 31.9 Å². The second kappa shape index (κ2) is 6.64. The Morgan fingerprint density at radius 1 is 1.35 bits per heavy atom. The molecule has 0 spiro atoms. The molecule has 2 aliphatic carbocycles. The van der Waals surface area contributed by atoms with E-state index in [9.17, 15) is 14.4 Å². The van der Waals surface area contributed by atoms with Crippen molar-refractivity contribution in [3.8, 4) is 0 Å². The van der Waals surface area contributed by atoms with Gasteiger partial charge in [-0.2, -0.15) is 0 Å². The standard InChI is InChI=1S/C18H17Br2NO5/c1-7-4-8(19)2-3-11(7)21-12(22)6-25-17(23)13-9-5-10-14(13)18(24)26-16(10)15(9)20/h2-4,9-10,13-16H,5-6H2,1H3,(H,21,22)/t9-,10-,13-,14-,15-,16+/m1/s1. The second-order valence-electron chi connectivity index (χ2n) is 7.08. The molecule has 0 unspecified atom stereocenters. The predicted molar refractivity (Wildman–Crippen MR) is 99.6 cm³/mol. The number of ether oxygens (including phenoxy) is 2. The molecule has 1 heterocycles. The van der Waals surface area contributed by atoms with Gasteiger partial charge in [-0.3, -0.25) is 14.4 Å². The molecule has 4 rings (SSSR count). The summed E-state index contributed by atoms with van der Waals surface area (Å²) in [6, 6.07) is 5.48. The van der Waals surface area contributed by atoms with Crippen LogP contribution in [0.15, 0.2) is 22.7 Å². The molecule has 3 aliphatic rings. The summed E-state index contributed by atoms with van der Waals surface area (Å²) in [7, 11) is 0. The number of anilines is 1.